The van der Waals surface area contributed by atoms with Crippen LogP contribution in [0.2, 0.25) is 0 Å². The summed E-state index contributed by atoms with van der Waals surface area (Å²) in [6.07, 6.45) is 1.62. The van der Waals surface area contributed by atoms with Crippen molar-refractivity contribution in [1.29, 1.82) is 0 Å². The number of nitrogens with two attached hydrogens (primary N) is 1. The van der Waals surface area contributed by atoms with Gasteiger partial charge in [0.05, 0.1) is 0 Å². The number of ether oxygens (including phenoxy) is 2. The van der Waals surface area contributed by atoms with E-state index in [1.165, 1.54) is 6.07 Å². The molecule has 0 radical (unpaired) electrons. The maximum Gasteiger partial charge on any atom is 0.255 e. The van der Waals surface area contributed by atoms with Crippen LogP contribution in [0.15, 0.2) is 78.9 Å². The van der Waals surface area contributed by atoms with Gasteiger partial charge in [-0.3, -0.25) is 9.59 Å². The zero-order chi connectivity index (χ0) is 30.6. The first-order valence-electron chi connectivity index (χ1n) is 14.5. The van der Waals surface area contributed by atoms with Gasteiger partial charge in [0.15, 0.2) is 11.6 Å². The van der Waals surface area contributed by atoms with Gasteiger partial charge in [0, 0.05) is 41.0 Å². The van der Waals surface area contributed by atoms with Crippen LogP contribution in [0, 0.1) is 11.6 Å². The van der Waals surface area contributed by atoms with Crippen molar-refractivity contribution in [2.45, 2.75) is 25.0 Å². The Balaban J connectivity index is 0.00000240. The van der Waals surface area contributed by atoms with Gasteiger partial charge in [0.1, 0.15) is 23.7 Å². The Morgan fingerprint density at radius 3 is 1.83 bits per heavy atom. The summed E-state index contributed by atoms with van der Waals surface area (Å²) in [7, 11) is 0. The summed E-state index contributed by atoms with van der Waals surface area (Å²) >= 11 is 0. The molecule has 4 aromatic carbocycles. The molecule has 0 aliphatic carbocycles. The molecule has 0 aromatic heterocycles. The fourth-order valence-corrected chi connectivity index (χ4v) is 5.43. The number of nitrogens with one attached hydrogen (secondary N) is 3. The van der Waals surface area contributed by atoms with Crippen LogP contribution in [0.25, 0.3) is 22.3 Å². The van der Waals surface area contributed by atoms with Crippen molar-refractivity contribution in [3.05, 3.63) is 102 Å². The van der Waals surface area contributed by atoms with Crippen LogP contribution in [-0.2, 0) is 0 Å². The van der Waals surface area contributed by atoms with E-state index in [1.807, 2.05) is 12.1 Å². The number of anilines is 1. The van der Waals surface area contributed by atoms with Crippen molar-refractivity contribution < 1.29 is 27.8 Å². The standard InChI is InChI=1S/C34H32F2N4O4.2ClH/c35-29-8-5-22(16-30(29)36)27-15-23(6-9-31(27)43-25-11-13-38-18-25)34(42)40-24-7-10-32(44-26-12-14-39-19-26)28(17-24)20-1-3-21(4-2-20)33(37)41;;/h1-10,15-17,25-26,38-39H,11-14,18-19H2,(H2,37,41)(H,40,42);2*1H/t25-,26-;;/m0../s1. The van der Waals surface area contributed by atoms with Gasteiger partial charge in [0.25, 0.3) is 5.91 Å². The third-order valence-corrected chi connectivity index (χ3v) is 7.81. The number of primary amides is 1. The maximum absolute atomic E-state index is 14.2. The minimum atomic E-state index is -0.988. The number of halogens is 4. The molecule has 8 nitrogen and oxygen atoms in total. The second-order valence-electron chi connectivity index (χ2n) is 10.9. The van der Waals surface area contributed by atoms with Crippen LogP contribution >= 0.6 is 24.8 Å². The van der Waals surface area contributed by atoms with Crippen molar-refractivity contribution in [3.63, 3.8) is 0 Å². The number of benzene rings is 4. The average Bonchev–Trinajstić information content (AvgIpc) is 3.74. The summed E-state index contributed by atoms with van der Waals surface area (Å²) in [5, 5.41) is 9.48. The summed E-state index contributed by atoms with van der Waals surface area (Å²) in [4.78, 5) is 25.1. The first-order chi connectivity index (χ1) is 21.3. The molecule has 242 valence electrons. The molecule has 2 heterocycles. The third kappa shape index (κ3) is 7.94. The Morgan fingerprint density at radius 1 is 0.696 bits per heavy atom. The van der Waals surface area contributed by atoms with E-state index in [0.717, 1.165) is 55.7 Å². The van der Waals surface area contributed by atoms with E-state index >= 15 is 0 Å². The number of hydrogen-bond acceptors (Lipinski definition) is 6. The number of rotatable bonds is 9. The Bertz CT molecular complexity index is 1700. The van der Waals surface area contributed by atoms with Crippen LogP contribution in [0.1, 0.15) is 33.6 Å². The lowest BCUT2D eigenvalue weighted by Crippen LogP contribution is -2.20. The maximum atomic E-state index is 14.2. The first-order valence-corrected chi connectivity index (χ1v) is 14.5. The first kappa shape index (κ1) is 34.6. The van der Waals surface area contributed by atoms with Crippen molar-refractivity contribution in [2.75, 3.05) is 31.5 Å². The molecule has 5 N–H and O–H groups in total. The van der Waals surface area contributed by atoms with E-state index < -0.39 is 23.4 Å². The lowest BCUT2D eigenvalue weighted by atomic mass is 10.0. The second kappa shape index (κ2) is 15.4. The highest BCUT2D eigenvalue weighted by Crippen LogP contribution is 2.36. The van der Waals surface area contributed by atoms with Crippen LogP contribution in [0.5, 0.6) is 11.5 Å². The molecule has 46 heavy (non-hydrogen) atoms. The molecular formula is C34H34Cl2F2N4O4. The fourth-order valence-electron chi connectivity index (χ4n) is 5.43. The molecule has 0 bridgehead atoms. The van der Waals surface area contributed by atoms with E-state index in [1.54, 1.807) is 48.5 Å². The SMILES string of the molecule is Cl.Cl.NC(=O)c1ccc(-c2cc(NC(=O)c3ccc(O[C@H]4CCNC4)c(-c4ccc(F)c(F)c4)c3)ccc2O[C@H]2CCNC2)cc1. The predicted molar refractivity (Wildman–Crippen MR) is 178 cm³/mol. The van der Waals surface area contributed by atoms with Crippen molar-refractivity contribution in [3.8, 4) is 33.8 Å². The topological polar surface area (TPSA) is 115 Å². The lowest BCUT2D eigenvalue weighted by Gasteiger charge is -2.19. The quantitative estimate of drug-likeness (QED) is 0.174. The van der Waals surface area contributed by atoms with E-state index in [0.29, 0.717) is 46.0 Å². The summed E-state index contributed by atoms with van der Waals surface area (Å²) in [6, 6.07) is 20.8. The van der Waals surface area contributed by atoms with Gasteiger partial charge in [-0.05, 0) is 97.7 Å². The highest BCUT2D eigenvalue weighted by molar-refractivity contribution is 6.05. The average molecular weight is 672 g/mol. The molecule has 2 amide bonds. The van der Waals surface area contributed by atoms with Crippen LogP contribution in [0.4, 0.5) is 14.5 Å². The predicted octanol–water partition coefficient (Wildman–Crippen LogP) is 5.98. The van der Waals surface area contributed by atoms with E-state index in [4.69, 9.17) is 15.2 Å². The molecule has 4 aromatic rings. The van der Waals surface area contributed by atoms with Gasteiger partial charge >= 0.3 is 0 Å². The molecule has 2 aliphatic rings. The van der Waals surface area contributed by atoms with E-state index in [9.17, 15) is 18.4 Å². The number of carbonyl (C=O) groups excluding carboxylic acids is 2. The lowest BCUT2D eigenvalue weighted by molar-refractivity contribution is 0.0997. The molecule has 2 fully saturated rings. The smallest absolute Gasteiger partial charge is 0.255 e. The monoisotopic (exact) mass is 670 g/mol. The molecular weight excluding hydrogens is 637 g/mol. The normalized spacial score (nSPS) is 17.0. The van der Waals surface area contributed by atoms with E-state index in [-0.39, 0.29) is 37.0 Å². The Hall–Kier alpha value is -4.22. The van der Waals surface area contributed by atoms with Crippen LogP contribution in [-0.4, -0.2) is 50.2 Å². The highest BCUT2D eigenvalue weighted by Gasteiger charge is 2.22. The Labute approximate surface area is 277 Å². The number of hydrogen-bond donors (Lipinski definition) is 4. The van der Waals surface area contributed by atoms with Crippen molar-refractivity contribution >= 4 is 42.3 Å². The second-order valence-corrected chi connectivity index (χ2v) is 10.9. The molecule has 0 spiro atoms. The largest absolute Gasteiger partial charge is 0.488 e. The third-order valence-electron chi connectivity index (χ3n) is 7.81. The molecule has 2 atom stereocenters. The Kier molecular flexibility index (Phi) is 11.6. The van der Waals surface area contributed by atoms with Gasteiger partial charge in [-0.2, -0.15) is 0 Å². The summed E-state index contributed by atoms with van der Waals surface area (Å²) in [5.41, 5.74) is 9.04. The van der Waals surface area contributed by atoms with E-state index in [2.05, 4.69) is 16.0 Å². The molecule has 6 rings (SSSR count). The minimum Gasteiger partial charge on any atom is -0.488 e. The molecule has 2 aliphatic heterocycles. The fraction of sp³-hybridized carbons (Fsp3) is 0.235. The summed E-state index contributed by atoms with van der Waals surface area (Å²) < 4.78 is 40.4. The number of amides is 2. The zero-order valence-corrected chi connectivity index (χ0v) is 26.3. The zero-order valence-electron chi connectivity index (χ0n) is 24.7. The van der Waals surface area contributed by atoms with Gasteiger partial charge in [-0.15, -0.1) is 24.8 Å². The van der Waals surface area contributed by atoms with Gasteiger partial charge in [-0.1, -0.05) is 18.2 Å². The van der Waals surface area contributed by atoms with Crippen LogP contribution in [0.3, 0.4) is 0 Å². The summed E-state index contributed by atoms with van der Waals surface area (Å²) in [6.45, 7) is 3.10. The van der Waals surface area contributed by atoms with Gasteiger partial charge < -0.3 is 31.2 Å². The van der Waals surface area contributed by atoms with Crippen molar-refractivity contribution in [1.82, 2.24) is 10.6 Å². The minimum absolute atomic E-state index is 0. The molecule has 0 unspecified atom stereocenters. The Morgan fingerprint density at radius 2 is 1.26 bits per heavy atom. The van der Waals surface area contributed by atoms with Crippen molar-refractivity contribution in [2.24, 2.45) is 5.73 Å². The van der Waals surface area contributed by atoms with Crippen LogP contribution < -0.4 is 31.2 Å². The molecule has 12 heteroatoms. The summed E-state index contributed by atoms with van der Waals surface area (Å²) in [5.74, 6) is -1.74. The molecule has 2 saturated heterocycles. The van der Waals surface area contributed by atoms with Gasteiger partial charge in [-0.25, -0.2) is 8.78 Å². The molecule has 0 saturated carbocycles. The number of carbonyl (C=O) groups is 2. The van der Waals surface area contributed by atoms with Gasteiger partial charge in [0.2, 0.25) is 5.91 Å². The highest BCUT2D eigenvalue weighted by atomic mass is 35.5.